The first-order chi connectivity index (χ1) is 6.63. The van der Waals surface area contributed by atoms with Crippen molar-refractivity contribution in [2.24, 2.45) is 0 Å². The average Bonchev–Trinajstić information content (AvgIpc) is 2.17. The van der Waals surface area contributed by atoms with Gasteiger partial charge in [-0.3, -0.25) is 4.79 Å². The molecule has 1 aliphatic heterocycles. The number of carbonyl (C=O) groups excluding carboxylic acids is 1. The van der Waals surface area contributed by atoms with Gasteiger partial charge in [-0.05, 0) is 32.9 Å². The molecule has 0 spiro atoms. The molecular weight excluding hydrogens is 194 g/mol. The first kappa shape index (κ1) is 11.6. The summed E-state index contributed by atoms with van der Waals surface area (Å²) in [7, 11) is 0. The molecular formula is C11H19NOS. The summed E-state index contributed by atoms with van der Waals surface area (Å²) in [5, 5.41) is 0.637. The highest BCUT2D eigenvalue weighted by molar-refractivity contribution is 7.99. The smallest absolute Gasteiger partial charge is 0.246 e. The molecule has 1 rings (SSSR count). The summed E-state index contributed by atoms with van der Waals surface area (Å²) in [4.78, 5) is 13.7. The van der Waals surface area contributed by atoms with E-state index in [4.69, 9.17) is 0 Å². The molecule has 3 heteroatoms. The van der Waals surface area contributed by atoms with E-state index in [1.807, 2.05) is 30.5 Å². The van der Waals surface area contributed by atoms with Gasteiger partial charge in [0.25, 0.3) is 0 Å². The second kappa shape index (κ2) is 5.44. The fourth-order valence-electron chi connectivity index (χ4n) is 1.67. The van der Waals surface area contributed by atoms with Crippen molar-refractivity contribution in [3.05, 3.63) is 11.6 Å². The Morgan fingerprint density at radius 2 is 2.21 bits per heavy atom. The third kappa shape index (κ3) is 3.37. The number of allylic oxidation sites excluding steroid dienone is 1. The third-order valence-electron chi connectivity index (χ3n) is 2.44. The summed E-state index contributed by atoms with van der Waals surface area (Å²) in [5.41, 5.74) is 1.08. The van der Waals surface area contributed by atoms with E-state index in [1.165, 1.54) is 6.42 Å². The summed E-state index contributed by atoms with van der Waals surface area (Å²) in [6, 6.07) is 0. The Hall–Kier alpha value is -0.440. The predicted molar refractivity (Wildman–Crippen MR) is 62.5 cm³/mol. The van der Waals surface area contributed by atoms with Crippen molar-refractivity contribution in [2.75, 3.05) is 19.3 Å². The van der Waals surface area contributed by atoms with Crippen LogP contribution < -0.4 is 0 Å². The van der Waals surface area contributed by atoms with Crippen LogP contribution in [0.3, 0.4) is 0 Å². The number of likely N-dealkylation sites (tertiary alicyclic amines) is 1. The van der Waals surface area contributed by atoms with E-state index >= 15 is 0 Å². The molecule has 1 heterocycles. The molecule has 80 valence electrons. The Kier molecular flexibility index (Phi) is 4.52. The number of nitrogens with zero attached hydrogens (tertiary/aromatic N) is 1. The number of carbonyl (C=O) groups is 1. The Bertz CT molecular complexity index is 233. The minimum atomic E-state index is 0.184. The maximum Gasteiger partial charge on any atom is 0.246 e. The number of thioether (sulfide) groups is 1. The van der Waals surface area contributed by atoms with E-state index in [-0.39, 0.29) is 5.91 Å². The molecule has 1 unspecified atom stereocenters. The molecule has 1 atom stereocenters. The number of amides is 1. The molecule has 1 aliphatic rings. The molecule has 1 saturated heterocycles. The van der Waals surface area contributed by atoms with Gasteiger partial charge in [-0.1, -0.05) is 5.57 Å². The van der Waals surface area contributed by atoms with Crippen molar-refractivity contribution < 1.29 is 4.79 Å². The van der Waals surface area contributed by atoms with Crippen LogP contribution >= 0.6 is 11.8 Å². The largest absolute Gasteiger partial charge is 0.338 e. The van der Waals surface area contributed by atoms with E-state index in [0.29, 0.717) is 5.25 Å². The minimum Gasteiger partial charge on any atom is -0.338 e. The molecule has 1 fully saturated rings. The van der Waals surface area contributed by atoms with Gasteiger partial charge in [0, 0.05) is 24.4 Å². The fraction of sp³-hybridized carbons (Fsp3) is 0.727. The zero-order chi connectivity index (χ0) is 10.6. The molecule has 0 radical (unpaired) electrons. The maximum absolute atomic E-state index is 11.7. The molecule has 0 bridgehead atoms. The lowest BCUT2D eigenvalue weighted by molar-refractivity contribution is -0.126. The monoisotopic (exact) mass is 213 g/mol. The van der Waals surface area contributed by atoms with Gasteiger partial charge in [0.2, 0.25) is 5.91 Å². The van der Waals surface area contributed by atoms with Crippen LogP contribution in [-0.4, -0.2) is 35.4 Å². The van der Waals surface area contributed by atoms with Crippen LogP contribution in [0.15, 0.2) is 11.6 Å². The maximum atomic E-state index is 11.7. The number of hydrogen-bond acceptors (Lipinski definition) is 2. The summed E-state index contributed by atoms with van der Waals surface area (Å²) >= 11 is 1.87. The normalized spacial score (nSPS) is 21.9. The van der Waals surface area contributed by atoms with Crippen molar-refractivity contribution in [3.63, 3.8) is 0 Å². The second-order valence-electron chi connectivity index (χ2n) is 4.01. The van der Waals surface area contributed by atoms with Crippen LogP contribution in [0.25, 0.3) is 0 Å². The highest BCUT2D eigenvalue weighted by Gasteiger charge is 2.21. The SMILES string of the molecule is CSC1CCCN(C(=O)C=C(C)C)C1. The Balaban J connectivity index is 2.51. The fourth-order valence-corrected chi connectivity index (χ4v) is 2.40. The van der Waals surface area contributed by atoms with Gasteiger partial charge >= 0.3 is 0 Å². The first-order valence-corrected chi connectivity index (χ1v) is 6.39. The molecule has 0 N–H and O–H groups in total. The summed E-state index contributed by atoms with van der Waals surface area (Å²) in [6.07, 6.45) is 6.26. The first-order valence-electron chi connectivity index (χ1n) is 5.10. The molecule has 14 heavy (non-hydrogen) atoms. The Labute approximate surface area is 90.7 Å². The van der Waals surface area contributed by atoms with E-state index in [0.717, 1.165) is 25.1 Å². The van der Waals surface area contributed by atoms with Gasteiger partial charge in [-0.25, -0.2) is 0 Å². The Morgan fingerprint density at radius 1 is 1.50 bits per heavy atom. The van der Waals surface area contributed by atoms with Gasteiger partial charge in [0.1, 0.15) is 0 Å². The van der Waals surface area contributed by atoms with Crippen LogP contribution in [-0.2, 0) is 4.79 Å². The van der Waals surface area contributed by atoms with Gasteiger partial charge in [0.15, 0.2) is 0 Å². The van der Waals surface area contributed by atoms with E-state index in [1.54, 1.807) is 6.08 Å². The van der Waals surface area contributed by atoms with Crippen molar-refractivity contribution in [3.8, 4) is 0 Å². The van der Waals surface area contributed by atoms with E-state index in [2.05, 4.69) is 6.26 Å². The topological polar surface area (TPSA) is 20.3 Å². The number of rotatable bonds is 2. The minimum absolute atomic E-state index is 0.184. The Morgan fingerprint density at radius 3 is 2.79 bits per heavy atom. The quantitative estimate of drug-likeness (QED) is 0.656. The molecule has 2 nitrogen and oxygen atoms in total. The molecule has 0 aliphatic carbocycles. The number of piperidine rings is 1. The zero-order valence-corrected chi connectivity index (χ0v) is 10.1. The van der Waals surface area contributed by atoms with Gasteiger partial charge in [0.05, 0.1) is 0 Å². The summed E-state index contributed by atoms with van der Waals surface area (Å²) in [5.74, 6) is 0.184. The summed E-state index contributed by atoms with van der Waals surface area (Å²) < 4.78 is 0. The van der Waals surface area contributed by atoms with E-state index < -0.39 is 0 Å². The lowest BCUT2D eigenvalue weighted by Gasteiger charge is -2.31. The molecule has 0 aromatic heterocycles. The van der Waals surface area contributed by atoms with Crippen LogP contribution in [0.4, 0.5) is 0 Å². The highest BCUT2D eigenvalue weighted by Crippen LogP contribution is 2.20. The zero-order valence-electron chi connectivity index (χ0n) is 9.25. The van der Waals surface area contributed by atoms with Crippen LogP contribution in [0, 0.1) is 0 Å². The number of hydrogen-bond donors (Lipinski definition) is 0. The van der Waals surface area contributed by atoms with Gasteiger partial charge in [-0.15, -0.1) is 0 Å². The van der Waals surface area contributed by atoms with Crippen LogP contribution in [0.1, 0.15) is 26.7 Å². The second-order valence-corrected chi connectivity index (χ2v) is 5.14. The standard InChI is InChI=1S/C11H19NOS/c1-9(2)7-11(13)12-6-4-5-10(8-12)14-3/h7,10H,4-6,8H2,1-3H3. The predicted octanol–water partition coefficient (Wildman–Crippen LogP) is 2.31. The molecule has 0 aromatic carbocycles. The highest BCUT2D eigenvalue weighted by atomic mass is 32.2. The lowest BCUT2D eigenvalue weighted by Crippen LogP contribution is -2.40. The van der Waals surface area contributed by atoms with Crippen molar-refractivity contribution >= 4 is 17.7 Å². The van der Waals surface area contributed by atoms with Crippen molar-refractivity contribution in [1.29, 1.82) is 0 Å². The third-order valence-corrected chi connectivity index (χ3v) is 3.49. The van der Waals surface area contributed by atoms with E-state index in [9.17, 15) is 4.79 Å². The van der Waals surface area contributed by atoms with Crippen LogP contribution in [0.5, 0.6) is 0 Å². The van der Waals surface area contributed by atoms with Crippen LogP contribution in [0.2, 0.25) is 0 Å². The van der Waals surface area contributed by atoms with Crippen molar-refractivity contribution in [1.82, 2.24) is 4.90 Å². The molecule has 0 aromatic rings. The van der Waals surface area contributed by atoms with Gasteiger partial charge < -0.3 is 4.90 Å². The van der Waals surface area contributed by atoms with Crippen molar-refractivity contribution in [2.45, 2.75) is 31.9 Å². The lowest BCUT2D eigenvalue weighted by atomic mass is 10.1. The molecule has 1 amide bonds. The summed E-state index contributed by atoms with van der Waals surface area (Å²) in [6.45, 7) is 5.78. The average molecular weight is 213 g/mol. The van der Waals surface area contributed by atoms with Gasteiger partial charge in [-0.2, -0.15) is 11.8 Å². The molecule has 0 saturated carbocycles.